The molecule has 0 atom stereocenters. The minimum Gasteiger partial charge on any atom is -0.383 e. The second kappa shape index (κ2) is 9.94. The number of amides is 1. The molecule has 0 N–H and O–H groups in total. The number of piperazine rings is 1. The Balaban J connectivity index is 1.46. The molecule has 168 valence electrons. The van der Waals surface area contributed by atoms with Crippen molar-refractivity contribution < 1.29 is 18.8 Å². The van der Waals surface area contributed by atoms with Crippen LogP contribution in [0.4, 0.5) is 0 Å². The van der Waals surface area contributed by atoms with Crippen molar-refractivity contribution in [3.8, 4) is 11.3 Å². The molecule has 0 bridgehead atoms. The predicted octanol–water partition coefficient (Wildman–Crippen LogP) is 2.78. The van der Waals surface area contributed by atoms with Gasteiger partial charge in [-0.1, -0.05) is 28.9 Å². The third-order valence-electron chi connectivity index (χ3n) is 6.56. The molecule has 2 saturated heterocycles. The Bertz CT molecular complexity index is 867. The molecule has 0 saturated carbocycles. The largest absolute Gasteiger partial charge is 0.383 e. The maximum Gasteiger partial charge on any atom is 0.229 e. The summed E-state index contributed by atoms with van der Waals surface area (Å²) in [4.78, 5) is 18.1. The number of carbonyl (C=O) groups excluding carboxylic acids is 1. The molecule has 3 heterocycles. The average molecular weight is 428 g/mol. The normalized spacial score (nSPS) is 19.5. The van der Waals surface area contributed by atoms with E-state index in [9.17, 15) is 4.79 Å². The molecule has 2 aromatic rings. The highest BCUT2D eigenvalue weighted by Gasteiger charge is 2.44. The van der Waals surface area contributed by atoms with E-state index in [0.717, 1.165) is 69.2 Å². The van der Waals surface area contributed by atoms with Crippen molar-refractivity contribution in [1.29, 1.82) is 0 Å². The first-order chi connectivity index (χ1) is 15.1. The molecule has 1 aromatic carbocycles. The van der Waals surface area contributed by atoms with Crippen molar-refractivity contribution in [1.82, 2.24) is 15.0 Å². The van der Waals surface area contributed by atoms with E-state index in [4.69, 9.17) is 14.0 Å². The van der Waals surface area contributed by atoms with Gasteiger partial charge in [-0.05, 0) is 25.8 Å². The molecule has 0 unspecified atom stereocenters. The molecule has 1 aromatic heterocycles. The fourth-order valence-electron chi connectivity index (χ4n) is 4.63. The van der Waals surface area contributed by atoms with Crippen molar-refractivity contribution in [3.05, 3.63) is 41.7 Å². The van der Waals surface area contributed by atoms with Gasteiger partial charge in [-0.25, -0.2) is 0 Å². The van der Waals surface area contributed by atoms with Gasteiger partial charge in [0.2, 0.25) is 5.91 Å². The second-order valence-electron chi connectivity index (χ2n) is 8.74. The van der Waals surface area contributed by atoms with Crippen LogP contribution >= 0.6 is 0 Å². The Labute approximate surface area is 184 Å². The molecule has 2 fully saturated rings. The molecular weight excluding hydrogens is 394 g/mol. The van der Waals surface area contributed by atoms with Crippen LogP contribution in [-0.2, 0) is 20.7 Å². The summed E-state index contributed by atoms with van der Waals surface area (Å²) in [6.07, 6.45) is 2.00. The number of aryl methyl sites for hydroxylation is 1. The molecule has 2 aliphatic rings. The third-order valence-corrected chi connectivity index (χ3v) is 6.56. The number of carbonyl (C=O) groups is 1. The lowest BCUT2D eigenvalue weighted by molar-refractivity contribution is -0.150. The number of nitrogens with zero attached hydrogens (tertiary/aromatic N) is 3. The summed E-state index contributed by atoms with van der Waals surface area (Å²) in [7, 11) is 1.72. The van der Waals surface area contributed by atoms with E-state index in [1.807, 2.05) is 23.1 Å². The van der Waals surface area contributed by atoms with Gasteiger partial charge in [0.15, 0.2) is 0 Å². The van der Waals surface area contributed by atoms with Crippen LogP contribution < -0.4 is 0 Å². The summed E-state index contributed by atoms with van der Waals surface area (Å²) < 4.78 is 16.5. The Morgan fingerprint density at radius 2 is 1.94 bits per heavy atom. The van der Waals surface area contributed by atoms with E-state index in [-0.39, 0.29) is 5.91 Å². The molecule has 0 spiro atoms. The zero-order valence-corrected chi connectivity index (χ0v) is 18.6. The van der Waals surface area contributed by atoms with Gasteiger partial charge in [-0.3, -0.25) is 9.69 Å². The first-order valence-corrected chi connectivity index (χ1v) is 11.2. The van der Waals surface area contributed by atoms with Gasteiger partial charge in [0.25, 0.3) is 0 Å². The standard InChI is InChI=1S/C24H33N3O4/c1-19-4-3-5-20(16-19)22-17-21(31-25-22)18-24(6-13-30-14-7-24)23(28)27-10-8-26(9-11-27)12-15-29-2/h3-5,16-17H,6-15,18H2,1-2H3. The minimum atomic E-state index is -0.476. The molecule has 7 heteroatoms. The van der Waals surface area contributed by atoms with Crippen LogP contribution in [0.1, 0.15) is 24.2 Å². The quantitative estimate of drug-likeness (QED) is 0.677. The van der Waals surface area contributed by atoms with Gasteiger partial charge in [-0.15, -0.1) is 0 Å². The highest BCUT2D eigenvalue weighted by molar-refractivity contribution is 5.83. The number of hydrogen-bond acceptors (Lipinski definition) is 6. The van der Waals surface area contributed by atoms with Gasteiger partial charge < -0.3 is 18.9 Å². The van der Waals surface area contributed by atoms with Crippen molar-refractivity contribution in [2.24, 2.45) is 5.41 Å². The summed E-state index contributed by atoms with van der Waals surface area (Å²) in [6, 6.07) is 10.2. The molecule has 1 amide bonds. The zero-order chi connectivity index (χ0) is 21.7. The average Bonchev–Trinajstić information content (AvgIpc) is 3.26. The molecule has 31 heavy (non-hydrogen) atoms. The summed E-state index contributed by atoms with van der Waals surface area (Å²) >= 11 is 0. The lowest BCUT2D eigenvalue weighted by Gasteiger charge is -2.42. The molecule has 0 radical (unpaired) electrons. The van der Waals surface area contributed by atoms with Gasteiger partial charge >= 0.3 is 0 Å². The number of aromatic nitrogens is 1. The van der Waals surface area contributed by atoms with E-state index in [0.29, 0.717) is 19.6 Å². The Morgan fingerprint density at radius 1 is 1.16 bits per heavy atom. The highest BCUT2D eigenvalue weighted by Crippen LogP contribution is 2.37. The molecular formula is C24H33N3O4. The number of methoxy groups -OCH3 is 1. The Morgan fingerprint density at radius 3 is 2.65 bits per heavy atom. The lowest BCUT2D eigenvalue weighted by atomic mass is 9.75. The van der Waals surface area contributed by atoms with E-state index >= 15 is 0 Å². The van der Waals surface area contributed by atoms with Crippen LogP contribution in [0.5, 0.6) is 0 Å². The Kier molecular flexibility index (Phi) is 7.05. The van der Waals surface area contributed by atoms with Gasteiger partial charge in [0.1, 0.15) is 11.5 Å². The summed E-state index contributed by atoms with van der Waals surface area (Å²) in [6.45, 7) is 8.22. The maximum absolute atomic E-state index is 13.7. The van der Waals surface area contributed by atoms with Gasteiger partial charge in [-0.2, -0.15) is 0 Å². The van der Waals surface area contributed by atoms with Crippen LogP contribution in [-0.4, -0.2) is 80.5 Å². The van der Waals surface area contributed by atoms with Gasteiger partial charge in [0.05, 0.1) is 12.0 Å². The second-order valence-corrected chi connectivity index (χ2v) is 8.74. The van der Waals surface area contributed by atoms with E-state index < -0.39 is 5.41 Å². The first-order valence-electron chi connectivity index (χ1n) is 11.2. The summed E-state index contributed by atoms with van der Waals surface area (Å²) in [5, 5.41) is 4.28. The van der Waals surface area contributed by atoms with E-state index in [1.165, 1.54) is 5.56 Å². The van der Waals surface area contributed by atoms with Crippen molar-refractivity contribution >= 4 is 5.91 Å². The molecule has 0 aliphatic carbocycles. The van der Waals surface area contributed by atoms with E-state index in [1.54, 1.807) is 7.11 Å². The maximum atomic E-state index is 13.7. The van der Waals surface area contributed by atoms with Crippen LogP contribution in [0.15, 0.2) is 34.9 Å². The number of rotatable bonds is 7. The number of ether oxygens (including phenoxy) is 2. The molecule has 2 aliphatic heterocycles. The smallest absolute Gasteiger partial charge is 0.229 e. The predicted molar refractivity (Wildman–Crippen MR) is 118 cm³/mol. The fourth-order valence-corrected chi connectivity index (χ4v) is 4.63. The van der Waals surface area contributed by atoms with Crippen LogP contribution in [0.25, 0.3) is 11.3 Å². The molecule has 4 rings (SSSR count). The summed E-state index contributed by atoms with van der Waals surface area (Å²) in [5.41, 5.74) is 2.56. The van der Waals surface area contributed by atoms with E-state index in [2.05, 4.69) is 29.1 Å². The van der Waals surface area contributed by atoms with Crippen molar-refractivity contribution in [3.63, 3.8) is 0 Å². The third kappa shape index (κ3) is 5.17. The molecule has 7 nitrogen and oxygen atoms in total. The van der Waals surface area contributed by atoms with Gasteiger partial charge in [0, 0.05) is 71.1 Å². The van der Waals surface area contributed by atoms with Crippen LogP contribution in [0.3, 0.4) is 0 Å². The fraction of sp³-hybridized carbons (Fsp3) is 0.583. The number of benzene rings is 1. The lowest BCUT2D eigenvalue weighted by Crippen LogP contribution is -2.55. The topological polar surface area (TPSA) is 68.0 Å². The van der Waals surface area contributed by atoms with Crippen LogP contribution in [0, 0.1) is 12.3 Å². The SMILES string of the molecule is COCCN1CCN(C(=O)C2(Cc3cc(-c4cccc(C)c4)no3)CCOCC2)CC1. The Hall–Kier alpha value is -2.22. The first kappa shape index (κ1) is 22.0. The van der Waals surface area contributed by atoms with Crippen molar-refractivity contribution in [2.75, 3.05) is 59.7 Å². The zero-order valence-electron chi connectivity index (χ0n) is 18.6. The minimum absolute atomic E-state index is 0.232. The summed E-state index contributed by atoms with van der Waals surface area (Å²) in [5.74, 6) is 1.00. The monoisotopic (exact) mass is 427 g/mol. The van der Waals surface area contributed by atoms with Crippen LogP contribution in [0.2, 0.25) is 0 Å². The highest BCUT2D eigenvalue weighted by atomic mass is 16.5. The number of hydrogen-bond donors (Lipinski definition) is 0. The van der Waals surface area contributed by atoms with Crippen molar-refractivity contribution in [2.45, 2.75) is 26.2 Å².